The van der Waals surface area contributed by atoms with Crippen molar-refractivity contribution in [2.45, 2.75) is 38.5 Å². The Morgan fingerprint density at radius 1 is 1.33 bits per heavy atom. The Balaban J connectivity index is 3.13. The molecule has 21 heavy (non-hydrogen) atoms. The monoisotopic (exact) mass is 315 g/mol. The summed E-state index contributed by atoms with van der Waals surface area (Å²) in [5, 5.41) is 10.9. The molecule has 0 atom stereocenters. The van der Waals surface area contributed by atoms with Crippen LogP contribution in [0.3, 0.4) is 0 Å². The summed E-state index contributed by atoms with van der Waals surface area (Å²) in [4.78, 5) is 10.1. The zero-order valence-corrected chi connectivity index (χ0v) is 13.2. The molecule has 0 radical (unpaired) electrons. The van der Waals surface area contributed by atoms with Crippen LogP contribution < -0.4 is 10.5 Å². The third kappa shape index (κ3) is 4.15. The van der Waals surface area contributed by atoms with Crippen molar-refractivity contribution in [3.8, 4) is 0 Å². The van der Waals surface area contributed by atoms with Crippen LogP contribution >= 0.6 is 0 Å². The Labute approximate surface area is 124 Å². The average Bonchev–Trinajstić information content (AvgIpc) is 2.38. The molecule has 0 spiro atoms. The van der Waals surface area contributed by atoms with Crippen LogP contribution in [0.5, 0.6) is 0 Å². The van der Waals surface area contributed by atoms with E-state index in [0.717, 1.165) is 18.9 Å². The van der Waals surface area contributed by atoms with Crippen LogP contribution in [0.4, 0.5) is 11.4 Å². The van der Waals surface area contributed by atoms with Gasteiger partial charge in [0.15, 0.2) is 0 Å². The summed E-state index contributed by atoms with van der Waals surface area (Å²) in [7, 11) is -3.79. The van der Waals surface area contributed by atoms with Gasteiger partial charge in [0.2, 0.25) is 10.0 Å². The molecule has 7 nitrogen and oxygen atoms in total. The minimum atomic E-state index is -3.79. The van der Waals surface area contributed by atoms with Crippen molar-refractivity contribution in [1.29, 1.82) is 0 Å². The summed E-state index contributed by atoms with van der Waals surface area (Å²) >= 11 is 0. The van der Waals surface area contributed by atoms with Crippen molar-refractivity contribution < 1.29 is 13.3 Å². The van der Waals surface area contributed by atoms with E-state index < -0.39 is 20.6 Å². The first-order valence-electron chi connectivity index (χ1n) is 6.77. The zero-order valence-electron chi connectivity index (χ0n) is 12.4. The lowest BCUT2D eigenvalue weighted by Crippen LogP contribution is -2.29. The molecule has 0 amide bonds. The average molecular weight is 315 g/mol. The fraction of sp³-hybridized carbons (Fsp3) is 0.538. The molecule has 118 valence electrons. The predicted octanol–water partition coefficient (Wildman–Crippen LogP) is 2.20. The highest BCUT2D eigenvalue weighted by Crippen LogP contribution is 2.28. The highest BCUT2D eigenvalue weighted by molar-refractivity contribution is 7.89. The second-order valence-corrected chi connectivity index (χ2v) is 6.70. The van der Waals surface area contributed by atoms with Gasteiger partial charge in [-0.3, -0.25) is 10.1 Å². The summed E-state index contributed by atoms with van der Waals surface area (Å²) in [5.74, 6) is 0.240. The van der Waals surface area contributed by atoms with Crippen molar-refractivity contribution in [2.75, 3.05) is 12.3 Å². The minimum absolute atomic E-state index is 0.0450. The highest BCUT2D eigenvalue weighted by Gasteiger charge is 2.23. The zero-order chi connectivity index (χ0) is 16.2. The van der Waals surface area contributed by atoms with Gasteiger partial charge >= 0.3 is 0 Å². The summed E-state index contributed by atoms with van der Waals surface area (Å²) in [5.41, 5.74) is 5.48. The quantitative estimate of drug-likeness (QED) is 0.454. The lowest BCUT2D eigenvalue weighted by Gasteiger charge is -2.15. The van der Waals surface area contributed by atoms with Crippen LogP contribution in [0, 0.1) is 23.0 Å². The maximum Gasteiger partial charge on any atom is 0.293 e. The number of aryl methyl sites for hydroxylation is 1. The van der Waals surface area contributed by atoms with Crippen molar-refractivity contribution >= 4 is 21.4 Å². The molecule has 1 aromatic rings. The molecule has 0 heterocycles. The van der Waals surface area contributed by atoms with E-state index in [4.69, 9.17) is 5.73 Å². The summed E-state index contributed by atoms with van der Waals surface area (Å²) in [6.45, 7) is 5.85. The first-order valence-corrected chi connectivity index (χ1v) is 8.25. The topological polar surface area (TPSA) is 115 Å². The molecule has 0 fully saturated rings. The molecule has 0 bridgehead atoms. The smallest absolute Gasteiger partial charge is 0.293 e. The van der Waals surface area contributed by atoms with Crippen molar-refractivity contribution in [3.05, 3.63) is 27.8 Å². The number of rotatable bonds is 7. The molecule has 0 aliphatic heterocycles. The van der Waals surface area contributed by atoms with Crippen LogP contribution in [0.1, 0.15) is 32.3 Å². The third-order valence-electron chi connectivity index (χ3n) is 3.53. The standard InChI is InChI=1S/C13H21N3O4S/c1-4-10(5-2)8-15-21(19,20)13-7-12(16(17)18)11(14)6-9(13)3/h6-7,10,15H,4-5,8,14H2,1-3H3. The number of sulfonamides is 1. The van der Waals surface area contributed by atoms with Gasteiger partial charge in [-0.2, -0.15) is 0 Å². The van der Waals surface area contributed by atoms with Gasteiger partial charge in [-0.1, -0.05) is 26.7 Å². The number of hydrogen-bond donors (Lipinski definition) is 2. The molecular weight excluding hydrogens is 294 g/mol. The van der Waals surface area contributed by atoms with Gasteiger partial charge in [0.25, 0.3) is 5.69 Å². The molecule has 0 aliphatic rings. The van der Waals surface area contributed by atoms with Crippen molar-refractivity contribution in [1.82, 2.24) is 4.72 Å². The number of nitrogens with zero attached hydrogens (tertiary/aromatic N) is 1. The lowest BCUT2D eigenvalue weighted by molar-refractivity contribution is -0.384. The number of nitrogens with two attached hydrogens (primary N) is 1. The first-order chi connectivity index (χ1) is 9.72. The second-order valence-electron chi connectivity index (χ2n) is 4.97. The summed E-state index contributed by atoms with van der Waals surface area (Å²) < 4.78 is 27.1. The maximum absolute atomic E-state index is 12.3. The predicted molar refractivity (Wildman–Crippen MR) is 81.5 cm³/mol. The van der Waals surface area contributed by atoms with E-state index in [1.54, 1.807) is 6.92 Å². The highest BCUT2D eigenvalue weighted by atomic mass is 32.2. The number of anilines is 1. The maximum atomic E-state index is 12.3. The second kappa shape index (κ2) is 6.86. The SMILES string of the molecule is CCC(CC)CNS(=O)(=O)c1cc([N+](=O)[O-])c(N)cc1C. The largest absolute Gasteiger partial charge is 0.393 e. The summed E-state index contributed by atoms with van der Waals surface area (Å²) in [6, 6.07) is 2.32. The first kappa shape index (κ1) is 17.4. The molecule has 0 unspecified atom stereocenters. The Bertz CT molecular complexity index is 625. The van der Waals surface area contributed by atoms with Gasteiger partial charge in [0, 0.05) is 12.6 Å². The molecule has 0 saturated carbocycles. The van der Waals surface area contributed by atoms with Gasteiger partial charge in [-0.15, -0.1) is 0 Å². The molecule has 1 rings (SSSR count). The number of nitrogen functional groups attached to an aromatic ring is 1. The fourth-order valence-corrected chi connectivity index (χ4v) is 3.39. The van der Waals surface area contributed by atoms with E-state index in [-0.39, 0.29) is 16.5 Å². The number of nitro benzene ring substituents is 1. The van der Waals surface area contributed by atoms with Crippen molar-refractivity contribution in [2.24, 2.45) is 5.92 Å². The summed E-state index contributed by atoms with van der Waals surface area (Å²) in [6.07, 6.45) is 1.72. The van der Waals surface area contributed by atoms with Crippen LogP contribution in [-0.4, -0.2) is 19.9 Å². The third-order valence-corrected chi connectivity index (χ3v) is 5.09. The molecule has 3 N–H and O–H groups in total. The Kier molecular flexibility index (Phi) is 5.68. The molecule has 0 aliphatic carbocycles. The van der Waals surface area contributed by atoms with Crippen LogP contribution in [0.15, 0.2) is 17.0 Å². The molecule has 8 heteroatoms. The molecule has 1 aromatic carbocycles. The van der Waals surface area contributed by atoms with E-state index in [9.17, 15) is 18.5 Å². The number of nitrogens with one attached hydrogen (secondary N) is 1. The molecular formula is C13H21N3O4S. The number of hydrogen-bond acceptors (Lipinski definition) is 5. The van der Waals surface area contributed by atoms with Crippen molar-refractivity contribution in [3.63, 3.8) is 0 Å². The normalized spacial score (nSPS) is 11.8. The van der Waals surface area contributed by atoms with Gasteiger partial charge in [-0.05, 0) is 24.5 Å². The lowest BCUT2D eigenvalue weighted by atomic mass is 10.0. The van der Waals surface area contributed by atoms with E-state index in [0.29, 0.717) is 12.1 Å². The van der Waals surface area contributed by atoms with E-state index in [1.165, 1.54) is 6.07 Å². The van der Waals surface area contributed by atoms with E-state index in [2.05, 4.69) is 4.72 Å². The van der Waals surface area contributed by atoms with Crippen LogP contribution in [0.2, 0.25) is 0 Å². The van der Waals surface area contributed by atoms with Gasteiger partial charge in [0.1, 0.15) is 5.69 Å². The molecule has 0 saturated heterocycles. The Morgan fingerprint density at radius 3 is 2.38 bits per heavy atom. The molecule has 0 aromatic heterocycles. The number of benzene rings is 1. The minimum Gasteiger partial charge on any atom is -0.393 e. The Hall–Kier alpha value is -1.67. The number of nitro groups is 1. The van der Waals surface area contributed by atoms with E-state index >= 15 is 0 Å². The van der Waals surface area contributed by atoms with Gasteiger partial charge in [-0.25, -0.2) is 13.1 Å². The Morgan fingerprint density at radius 2 is 1.90 bits per heavy atom. The van der Waals surface area contributed by atoms with Crippen LogP contribution in [-0.2, 0) is 10.0 Å². The van der Waals surface area contributed by atoms with Gasteiger partial charge in [0.05, 0.1) is 9.82 Å². The fourth-order valence-electron chi connectivity index (χ4n) is 2.03. The van der Waals surface area contributed by atoms with E-state index in [1.807, 2.05) is 13.8 Å². The van der Waals surface area contributed by atoms with Crippen LogP contribution in [0.25, 0.3) is 0 Å². The van der Waals surface area contributed by atoms with Gasteiger partial charge < -0.3 is 5.73 Å².